The second kappa shape index (κ2) is 8.63. The lowest BCUT2D eigenvalue weighted by molar-refractivity contribution is 0.0764. The van der Waals surface area contributed by atoms with Crippen molar-refractivity contribution in [3.05, 3.63) is 28.6 Å². The van der Waals surface area contributed by atoms with Crippen molar-refractivity contribution in [1.29, 1.82) is 0 Å². The lowest BCUT2D eigenvalue weighted by atomic mass is 9.89. The highest BCUT2D eigenvalue weighted by atomic mass is 32.1. The Bertz CT molecular complexity index is 706. The van der Waals surface area contributed by atoms with Gasteiger partial charge in [-0.3, -0.25) is 4.79 Å². The highest BCUT2D eigenvalue weighted by molar-refractivity contribution is 7.21. The molecule has 26 heavy (non-hydrogen) atoms. The zero-order chi connectivity index (χ0) is 17.8. The predicted molar refractivity (Wildman–Crippen MR) is 109 cm³/mol. The van der Waals surface area contributed by atoms with Crippen LogP contribution in [-0.4, -0.2) is 53.4 Å². The number of aromatic nitrogens is 1. The number of thiazole rings is 1. The SMILES string of the molecule is O=C(c1cnc(-c2cccs2)s1)N1CCCN(CC2CCCCC2)CC1. The van der Waals surface area contributed by atoms with E-state index < -0.39 is 0 Å². The normalized spacial score (nSPS) is 20.2. The van der Waals surface area contributed by atoms with Crippen LogP contribution in [0.1, 0.15) is 48.2 Å². The summed E-state index contributed by atoms with van der Waals surface area (Å²) in [7, 11) is 0. The van der Waals surface area contributed by atoms with Crippen LogP contribution in [0.2, 0.25) is 0 Å². The zero-order valence-electron chi connectivity index (χ0n) is 15.2. The van der Waals surface area contributed by atoms with Gasteiger partial charge in [0.25, 0.3) is 5.91 Å². The van der Waals surface area contributed by atoms with Gasteiger partial charge in [0.15, 0.2) is 0 Å². The highest BCUT2D eigenvalue weighted by Gasteiger charge is 2.24. The first-order valence-electron chi connectivity index (χ1n) is 9.81. The molecule has 2 aromatic rings. The standard InChI is InChI=1S/C20H27N3OS2/c24-20(18-14-21-19(26-18)17-8-4-13-25-17)23-10-5-9-22(11-12-23)15-16-6-2-1-3-7-16/h4,8,13-14,16H,1-3,5-7,9-12,15H2. The van der Waals surface area contributed by atoms with Gasteiger partial charge in [-0.05, 0) is 43.2 Å². The van der Waals surface area contributed by atoms with Crippen molar-refractivity contribution in [2.45, 2.75) is 38.5 Å². The molecule has 0 bridgehead atoms. The molecule has 0 atom stereocenters. The molecule has 6 heteroatoms. The molecule has 3 heterocycles. The summed E-state index contributed by atoms with van der Waals surface area (Å²) in [5.74, 6) is 1.03. The predicted octanol–water partition coefficient (Wildman–Crippen LogP) is 4.60. The summed E-state index contributed by atoms with van der Waals surface area (Å²) in [5.41, 5.74) is 0. The molecule has 4 nitrogen and oxygen atoms in total. The number of carbonyl (C=O) groups is 1. The van der Waals surface area contributed by atoms with Crippen LogP contribution in [0.3, 0.4) is 0 Å². The molecule has 1 amide bonds. The van der Waals surface area contributed by atoms with Crippen LogP contribution < -0.4 is 0 Å². The van der Waals surface area contributed by atoms with Crippen LogP contribution in [0.5, 0.6) is 0 Å². The summed E-state index contributed by atoms with van der Waals surface area (Å²) in [6.07, 6.45) is 9.85. The first-order chi connectivity index (χ1) is 12.8. The fourth-order valence-electron chi connectivity index (χ4n) is 4.13. The Morgan fingerprint density at radius 1 is 1.12 bits per heavy atom. The van der Waals surface area contributed by atoms with E-state index >= 15 is 0 Å². The van der Waals surface area contributed by atoms with Crippen LogP contribution >= 0.6 is 22.7 Å². The molecule has 0 aromatic carbocycles. The van der Waals surface area contributed by atoms with Crippen molar-refractivity contribution in [2.75, 3.05) is 32.7 Å². The molecule has 2 fully saturated rings. The van der Waals surface area contributed by atoms with Gasteiger partial charge < -0.3 is 9.80 Å². The van der Waals surface area contributed by atoms with E-state index in [9.17, 15) is 4.79 Å². The van der Waals surface area contributed by atoms with E-state index in [1.165, 1.54) is 50.0 Å². The van der Waals surface area contributed by atoms with E-state index in [0.717, 1.165) is 53.3 Å². The molecular formula is C20H27N3OS2. The third-order valence-corrected chi connectivity index (χ3v) is 7.59. The fourth-order valence-corrected chi connectivity index (χ4v) is 5.82. The van der Waals surface area contributed by atoms with Crippen molar-refractivity contribution in [1.82, 2.24) is 14.8 Å². The van der Waals surface area contributed by atoms with Gasteiger partial charge >= 0.3 is 0 Å². The van der Waals surface area contributed by atoms with Crippen LogP contribution in [0.4, 0.5) is 0 Å². The van der Waals surface area contributed by atoms with Crippen LogP contribution in [0.25, 0.3) is 9.88 Å². The molecule has 0 N–H and O–H groups in total. The minimum absolute atomic E-state index is 0.157. The number of rotatable bonds is 4. The molecule has 0 spiro atoms. The summed E-state index contributed by atoms with van der Waals surface area (Å²) in [4.78, 5) is 23.9. The molecule has 2 aliphatic rings. The third kappa shape index (κ3) is 4.35. The monoisotopic (exact) mass is 389 g/mol. The minimum atomic E-state index is 0.157. The maximum Gasteiger partial charge on any atom is 0.265 e. The van der Waals surface area contributed by atoms with Crippen LogP contribution in [-0.2, 0) is 0 Å². The first-order valence-corrected chi connectivity index (χ1v) is 11.5. The van der Waals surface area contributed by atoms with Crippen molar-refractivity contribution in [2.24, 2.45) is 5.92 Å². The second-order valence-corrected chi connectivity index (χ2v) is 9.44. The molecule has 140 valence electrons. The molecule has 0 unspecified atom stereocenters. The zero-order valence-corrected chi connectivity index (χ0v) is 16.9. The number of thiophene rings is 1. The van der Waals surface area contributed by atoms with Gasteiger partial charge in [-0.25, -0.2) is 4.98 Å². The van der Waals surface area contributed by atoms with Gasteiger partial charge in [-0.1, -0.05) is 25.3 Å². The van der Waals surface area contributed by atoms with Crippen molar-refractivity contribution >= 4 is 28.6 Å². The second-order valence-electron chi connectivity index (χ2n) is 7.46. The third-order valence-electron chi connectivity index (χ3n) is 5.57. The Morgan fingerprint density at radius 3 is 2.81 bits per heavy atom. The molecule has 2 aromatic heterocycles. The van der Waals surface area contributed by atoms with E-state index in [4.69, 9.17) is 0 Å². The van der Waals surface area contributed by atoms with Gasteiger partial charge in [0, 0.05) is 26.2 Å². The Morgan fingerprint density at radius 2 is 2.00 bits per heavy atom. The first kappa shape index (κ1) is 18.1. The summed E-state index contributed by atoms with van der Waals surface area (Å²) in [6, 6.07) is 4.09. The minimum Gasteiger partial charge on any atom is -0.337 e. The molecular weight excluding hydrogens is 362 g/mol. The van der Waals surface area contributed by atoms with E-state index in [0.29, 0.717) is 0 Å². The Balaban J connectivity index is 1.34. The lowest BCUT2D eigenvalue weighted by Crippen LogP contribution is -2.36. The van der Waals surface area contributed by atoms with Crippen LogP contribution in [0.15, 0.2) is 23.7 Å². The molecule has 4 rings (SSSR count). The fraction of sp³-hybridized carbons (Fsp3) is 0.600. The molecule has 1 saturated carbocycles. The molecule has 0 radical (unpaired) electrons. The highest BCUT2D eigenvalue weighted by Crippen LogP contribution is 2.30. The van der Waals surface area contributed by atoms with Gasteiger partial charge in [-0.15, -0.1) is 22.7 Å². The number of amides is 1. The lowest BCUT2D eigenvalue weighted by Gasteiger charge is -2.28. The summed E-state index contributed by atoms with van der Waals surface area (Å²) in [5, 5.41) is 3.01. The van der Waals surface area contributed by atoms with Crippen molar-refractivity contribution < 1.29 is 4.79 Å². The van der Waals surface area contributed by atoms with Gasteiger partial charge in [-0.2, -0.15) is 0 Å². The average molecular weight is 390 g/mol. The van der Waals surface area contributed by atoms with E-state index in [2.05, 4.69) is 16.0 Å². The Kier molecular flexibility index (Phi) is 6.02. The van der Waals surface area contributed by atoms with Crippen molar-refractivity contribution in [3.8, 4) is 9.88 Å². The number of nitrogens with zero attached hydrogens (tertiary/aromatic N) is 3. The number of hydrogen-bond acceptors (Lipinski definition) is 5. The maximum atomic E-state index is 12.9. The van der Waals surface area contributed by atoms with Crippen LogP contribution in [0, 0.1) is 5.92 Å². The van der Waals surface area contributed by atoms with E-state index in [1.807, 2.05) is 16.3 Å². The Labute approximate surface area is 163 Å². The van der Waals surface area contributed by atoms with Gasteiger partial charge in [0.05, 0.1) is 11.1 Å². The summed E-state index contributed by atoms with van der Waals surface area (Å²) in [6.45, 7) is 5.08. The molecule has 1 saturated heterocycles. The van der Waals surface area contributed by atoms with E-state index in [1.54, 1.807) is 17.5 Å². The molecule has 1 aliphatic carbocycles. The smallest absolute Gasteiger partial charge is 0.265 e. The Hall–Kier alpha value is -1.24. The maximum absolute atomic E-state index is 12.9. The largest absolute Gasteiger partial charge is 0.337 e. The average Bonchev–Trinajstić information content (AvgIpc) is 3.31. The topological polar surface area (TPSA) is 36.4 Å². The van der Waals surface area contributed by atoms with E-state index in [-0.39, 0.29) is 5.91 Å². The summed E-state index contributed by atoms with van der Waals surface area (Å²) < 4.78 is 0. The van der Waals surface area contributed by atoms with Crippen molar-refractivity contribution in [3.63, 3.8) is 0 Å². The molecule has 1 aliphatic heterocycles. The van der Waals surface area contributed by atoms with Gasteiger partial charge in [0.1, 0.15) is 9.88 Å². The summed E-state index contributed by atoms with van der Waals surface area (Å²) >= 11 is 3.20. The number of carbonyl (C=O) groups excluding carboxylic acids is 1. The quantitative estimate of drug-likeness (QED) is 0.767. The number of hydrogen-bond donors (Lipinski definition) is 0. The van der Waals surface area contributed by atoms with Gasteiger partial charge in [0.2, 0.25) is 0 Å².